The molecule has 0 amide bonds. The maximum Gasteiger partial charge on any atom is 0.236 e. The lowest BCUT2D eigenvalue weighted by atomic mass is 10.1. The average molecular weight is 482 g/mol. The maximum absolute atomic E-state index is 12.8. The van der Waals surface area contributed by atoms with Gasteiger partial charge in [0.15, 0.2) is 9.84 Å². The van der Waals surface area contributed by atoms with Crippen LogP contribution in [-0.4, -0.2) is 43.1 Å². The highest BCUT2D eigenvalue weighted by atomic mass is 32.2. The minimum Gasteiger partial charge on any atom is -0.319 e. The summed E-state index contributed by atoms with van der Waals surface area (Å²) >= 11 is 0. The van der Waals surface area contributed by atoms with Gasteiger partial charge in [-0.15, -0.1) is 0 Å². The predicted octanol–water partition coefficient (Wildman–Crippen LogP) is 3.68. The van der Waals surface area contributed by atoms with Gasteiger partial charge in [0.1, 0.15) is 5.82 Å². The highest BCUT2D eigenvalue weighted by Crippen LogP contribution is 2.29. The minimum atomic E-state index is -3.82. The second-order valence-electron chi connectivity index (χ2n) is 8.25. The Morgan fingerprint density at radius 3 is 2.48 bits per heavy atom. The third-order valence-electron chi connectivity index (χ3n) is 5.85. The average Bonchev–Trinajstić information content (AvgIpc) is 3.35. The molecule has 1 atom stereocenters. The zero-order chi connectivity index (χ0) is 23.1. The molecule has 1 aromatic heterocycles. The third kappa shape index (κ3) is 4.51. The van der Waals surface area contributed by atoms with Crippen molar-refractivity contribution in [1.29, 1.82) is 0 Å². The number of hydrogen-bond acceptors (Lipinski definition) is 5. The molecule has 1 aliphatic rings. The molecule has 4 aromatic rings. The zero-order valence-electron chi connectivity index (χ0n) is 17.8. The summed E-state index contributed by atoms with van der Waals surface area (Å²) in [4.78, 5) is 4.82. The number of hydrogen-bond donors (Lipinski definition) is 1. The third-order valence-corrected chi connectivity index (χ3v) is 9.63. The van der Waals surface area contributed by atoms with Crippen LogP contribution in [0, 0.1) is 0 Å². The topological polar surface area (TPSA) is 98.1 Å². The summed E-state index contributed by atoms with van der Waals surface area (Å²) in [5.74, 6) is 0.293. The Morgan fingerprint density at radius 1 is 0.970 bits per heavy atom. The summed E-state index contributed by atoms with van der Waals surface area (Å²) in [5.41, 5.74) is 4.11. The fraction of sp³-hybridized carbons (Fsp3) is 0.208. The summed E-state index contributed by atoms with van der Waals surface area (Å²) in [6, 6.07) is 25.0. The Kier molecular flexibility index (Phi) is 5.46. The Hall–Kier alpha value is -3.17. The predicted molar refractivity (Wildman–Crippen MR) is 130 cm³/mol. The molecular weight excluding hydrogens is 458 g/mol. The molecule has 0 spiro atoms. The van der Waals surface area contributed by atoms with Gasteiger partial charge in [-0.1, -0.05) is 54.6 Å². The second kappa shape index (κ2) is 8.31. The first-order valence-electron chi connectivity index (χ1n) is 10.6. The molecule has 1 unspecified atom stereocenters. The Bertz CT molecular complexity index is 1530. The van der Waals surface area contributed by atoms with E-state index in [1.54, 1.807) is 18.2 Å². The quantitative estimate of drug-likeness (QED) is 0.453. The lowest BCUT2D eigenvalue weighted by Crippen LogP contribution is -2.28. The van der Waals surface area contributed by atoms with Crippen LogP contribution in [0.4, 0.5) is 5.69 Å². The van der Waals surface area contributed by atoms with Gasteiger partial charge in [-0.3, -0.25) is 4.72 Å². The van der Waals surface area contributed by atoms with E-state index >= 15 is 0 Å². The molecule has 7 nitrogen and oxygen atoms in total. The number of imidazole rings is 1. The van der Waals surface area contributed by atoms with Crippen LogP contribution in [0.2, 0.25) is 0 Å². The standard InChI is InChI=1S/C24H23N3O4S2/c28-32(29)14-13-21(17-32)33(30,31)26-20-10-6-9-19(15-20)24-25-22-11-4-5-12-23(22)27(24)16-18-7-2-1-3-8-18/h1-12,15,21,26H,13-14,16-17H2. The van der Waals surface area contributed by atoms with Crippen molar-refractivity contribution >= 4 is 36.6 Å². The number of aromatic nitrogens is 2. The van der Waals surface area contributed by atoms with E-state index in [4.69, 9.17) is 4.98 Å². The van der Waals surface area contributed by atoms with Crippen molar-refractivity contribution in [1.82, 2.24) is 9.55 Å². The van der Waals surface area contributed by atoms with Gasteiger partial charge in [0, 0.05) is 17.8 Å². The molecule has 0 aliphatic carbocycles. The van der Waals surface area contributed by atoms with Crippen LogP contribution in [0.3, 0.4) is 0 Å². The molecule has 2 heterocycles. The number of sulfone groups is 1. The van der Waals surface area contributed by atoms with E-state index in [0.717, 1.165) is 28.0 Å². The molecule has 3 aromatic carbocycles. The molecule has 170 valence electrons. The molecule has 33 heavy (non-hydrogen) atoms. The number of anilines is 1. The van der Waals surface area contributed by atoms with Gasteiger partial charge in [0.25, 0.3) is 0 Å². The number of sulfonamides is 1. The molecule has 5 rings (SSSR count). The Balaban J connectivity index is 1.51. The van der Waals surface area contributed by atoms with Gasteiger partial charge >= 0.3 is 0 Å². The number of rotatable bonds is 6. The van der Waals surface area contributed by atoms with E-state index in [2.05, 4.69) is 21.4 Å². The van der Waals surface area contributed by atoms with Gasteiger partial charge in [-0.25, -0.2) is 21.8 Å². The largest absolute Gasteiger partial charge is 0.319 e. The molecule has 0 radical (unpaired) electrons. The van der Waals surface area contributed by atoms with Crippen molar-refractivity contribution in [3.63, 3.8) is 0 Å². The molecule has 1 N–H and O–H groups in total. The lowest BCUT2D eigenvalue weighted by molar-refractivity contribution is 0.587. The minimum absolute atomic E-state index is 0.0951. The van der Waals surface area contributed by atoms with Crippen LogP contribution in [0.15, 0.2) is 78.9 Å². The van der Waals surface area contributed by atoms with Gasteiger partial charge in [-0.2, -0.15) is 0 Å². The van der Waals surface area contributed by atoms with Gasteiger partial charge in [0.05, 0.1) is 27.8 Å². The fourth-order valence-corrected chi connectivity index (χ4v) is 8.28. The second-order valence-corrected chi connectivity index (χ2v) is 12.4. The smallest absolute Gasteiger partial charge is 0.236 e. The fourth-order valence-electron chi connectivity index (χ4n) is 4.20. The zero-order valence-corrected chi connectivity index (χ0v) is 19.4. The van der Waals surface area contributed by atoms with Crippen molar-refractivity contribution in [3.8, 4) is 11.4 Å². The van der Waals surface area contributed by atoms with Gasteiger partial charge in [-0.05, 0) is 36.2 Å². The number of para-hydroxylation sites is 2. The molecule has 9 heteroatoms. The maximum atomic E-state index is 12.8. The summed E-state index contributed by atoms with van der Waals surface area (Å²) in [7, 11) is -7.13. The summed E-state index contributed by atoms with van der Waals surface area (Å²) in [6.07, 6.45) is 0.115. The van der Waals surface area contributed by atoms with Crippen molar-refractivity contribution in [2.24, 2.45) is 0 Å². The van der Waals surface area contributed by atoms with Crippen LogP contribution in [-0.2, 0) is 26.4 Å². The van der Waals surface area contributed by atoms with Crippen LogP contribution in [0.5, 0.6) is 0 Å². The summed E-state index contributed by atoms with van der Waals surface area (Å²) in [6.45, 7) is 0.618. The summed E-state index contributed by atoms with van der Waals surface area (Å²) < 4.78 is 53.8. The highest BCUT2D eigenvalue weighted by Gasteiger charge is 2.37. The summed E-state index contributed by atoms with van der Waals surface area (Å²) in [5, 5.41) is -0.936. The molecule has 1 fully saturated rings. The molecular formula is C24H23N3O4S2. The highest BCUT2D eigenvalue weighted by molar-refractivity contribution is 7.97. The van der Waals surface area contributed by atoms with Crippen molar-refractivity contribution in [2.75, 3.05) is 16.2 Å². The first kappa shape index (κ1) is 21.7. The molecule has 1 aliphatic heterocycles. The van der Waals surface area contributed by atoms with E-state index in [9.17, 15) is 16.8 Å². The van der Waals surface area contributed by atoms with Gasteiger partial charge < -0.3 is 4.57 Å². The van der Waals surface area contributed by atoms with E-state index in [1.807, 2.05) is 48.5 Å². The number of nitrogens with one attached hydrogen (secondary N) is 1. The Labute approximate surface area is 193 Å². The first-order chi connectivity index (χ1) is 15.8. The Morgan fingerprint density at radius 2 is 1.73 bits per heavy atom. The number of benzene rings is 3. The lowest BCUT2D eigenvalue weighted by Gasteiger charge is -2.14. The van der Waals surface area contributed by atoms with E-state index < -0.39 is 25.1 Å². The molecule has 0 saturated carbocycles. The SMILES string of the molecule is O=S1(=O)CCC(S(=O)(=O)Nc2cccc(-c3nc4ccccc4n3Cc3ccccc3)c2)C1. The van der Waals surface area contributed by atoms with Crippen LogP contribution in [0.25, 0.3) is 22.4 Å². The number of fused-ring (bicyclic) bond motifs is 1. The van der Waals surface area contributed by atoms with Crippen LogP contribution < -0.4 is 4.72 Å². The monoisotopic (exact) mass is 481 g/mol. The number of nitrogens with zero attached hydrogens (tertiary/aromatic N) is 2. The van der Waals surface area contributed by atoms with E-state index in [1.165, 1.54) is 0 Å². The normalized spacial score (nSPS) is 17.9. The van der Waals surface area contributed by atoms with E-state index in [-0.39, 0.29) is 17.9 Å². The van der Waals surface area contributed by atoms with E-state index in [0.29, 0.717) is 12.2 Å². The first-order valence-corrected chi connectivity index (χ1v) is 14.0. The van der Waals surface area contributed by atoms with Crippen molar-refractivity contribution in [3.05, 3.63) is 84.4 Å². The van der Waals surface area contributed by atoms with Gasteiger partial charge in [0.2, 0.25) is 10.0 Å². The van der Waals surface area contributed by atoms with Crippen molar-refractivity contribution in [2.45, 2.75) is 18.2 Å². The van der Waals surface area contributed by atoms with Crippen LogP contribution in [0.1, 0.15) is 12.0 Å². The van der Waals surface area contributed by atoms with Crippen LogP contribution >= 0.6 is 0 Å². The molecule has 0 bridgehead atoms. The van der Waals surface area contributed by atoms with Crippen molar-refractivity contribution < 1.29 is 16.8 Å². The molecule has 1 saturated heterocycles.